The van der Waals surface area contributed by atoms with E-state index in [-0.39, 0.29) is 34.7 Å². The maximum Gasteiger partial charge on any atom is 0.0534 e. The molecule has 2 fully saturated rings. The summed E-state index contributed by atoms with van der Waals surface area (Å²) in [6.07, 6.45) is 20.4. The van der Waals surface area contributed by atoms with E-state index in [0.717, 1.165) is 0 Å². The first-order valence-electron chi connectivity index (χ1n) is 6.33. The minimum atomic E-state index is 0. The summed E-state index contributed by atoms with van der Waals surface area (Å²) in [6, 6.07) is 0. The smallest absolute Gasteiger partial charge is 0.0534 e. The van der Waals surface area contributed by atoms with Gasteiger partial charge in [-0.3, -0.25) is 0 Å². The van der Waals surface area contributed by atoms with Gasteiger partial charge in [-0.2, -0.15) is 0 Å². The predicted octanol–water partition coefficient (Wildman–Crippen LogP) is 1.99. The third-order valence-electron chi connectivity index (χ3n) is 2.22. The standard InChI is InChI=1S/C14H14O.6CO.2Cr/c1-3-7-13(8-4-1)11-15-12-14-9-5-2-6-10-14;6*1-2;;/h1-10H,11-12H2;;;;;;;;. The van der Waals surface area contributed by atoms with Gasteiger partial charge < -0.3 is 4.74 Å². The molecule has 2 rings (SSSR count). The van der Waals surface area contributed by atoms with Crippen molar-refractivity contribution < 1.29 is 67.4 Å². The van der Waals surface area contributed by atoms with E-state index in [9.17, 15) is 0 Å². The molecule has 2 saturated carbocycles. The van der Waals surface area contributed by atoms with Crippen molar-refractivity contribution in [2.24, 2.45) is 0 Å². The fourth-order valence-electron chi connectivity index (χ4n) is 1.44. The van der Waals surface area contributed by atoms with E-state index in [1.807, 2.05) is 38.5 Å². The zero-order valence-electron chi connectivity index (χ0n) is 14.9. The van der Waals surface area contributed by atoms with Crippen LogP contribution in [-0.2, 0) is 67.4 Å². The molecule has 0 amide bonds. The molecular formula is C20H14Cr2O7. The molecule has 12 radical (unpaired) electrons. The van der Waals surface area contributed by atoms with Gasteiger partial charge in [-0.15, -0.1) is 0 Å². The molecule has 0 aromatic heterocycles. The van der Waals surface area contributed by atoms with E-state index in [4.69, 9.17) is 32.6 Å². The van der Waals surface area contributed by atoms with E-state index < -0.39 is 0 Å². The molecule has 0 aliphatic heterocycles. The summed E-state index contributed by atoms with van der Waals surface area (Å²) in [5, 5.41) is 0. The van der Waals surface area contributed by atoms with Crippen LogP contribution in [0.4, 0.5) is 0 Å². The molecule has 0 atom stereocenters. The number of hydrogen-bond donors (Lipinski definition) is 0. The fraction of sp³-hybridized carbons (Fsp3) is 0.100. The maximum atomic E-state index is 7.50. The minimum absolute atomic E-state index is 0. The number of hydrogen-bond acceptors (Lipinski definition) is 1. The van der Waals surface area contributed by atoms with Gasteiger partial charge in [-0.25, -0.2) is 0 Å². The molecule has 0 bridgehead atoms. The van der Waals surface area contributed by atoms with Crippen LogP contribution >= 0.6 is 0 Å². The van der Waals surface area contributed by atoms with Crippen LogP contribution < -0.4 is 0 Å². The monoisotopic (exact) mass is 470 g/mol. The second-order valence-electron chi connectivity index (χ2n) is 3.46. The van der Waals surface area contributed by atoms with Crippen LogP contribution in [0.1, 0.15) is 0 Å². The summed E-state index contributed by atoms with van der Waals surface area (Å²) in [6.45, 7) is 28.4. The quantitative estimate of drug-likeness (QED) is 0.452. The van der Waals surface area contributed by atoms with Crippen molar-refractivity contribution in [3.63, 3.8) is 0 Å². The molecule has 0 heterocycles. The Bertz CT molecular complexity index is 313. The average Bonchev–Trinajstić information content (AvgIpc) is 2.83. The van der Waals surface area contributed by atoms with Crippen LogP contribution in [-0.4, -0.2) is 13.2 Å². The van der Waals surface area contributed by atoms with E-state index in [1.165, 1.54) is 11.8 Å². The molecule has 0 unspecified atom stereocenters. The van der Waals surface area contributed by atoms with Crippen molar-refractivity contribution in [1.82, 2.24) is 0 Å². The zero-order chi connectivity index (χ0) is 22.3. The van der Waals surface area contributed by atoms with Gasteiger partial charge in [0.15, 0.2) is 0 Å². The van der Waals surface area contributed by atoms with E-state index in [1.54, 1.807) is 0 Å². The van der Waals surface area contributed by atoms with Gasteiger partial charge in [0.05, 0.1) is 13.2 Å². The third kappa shape index (κ3) is 38.7. The molecule has 2 aliphatic carbocycles. The van der Waals surface area contributed by atoms with Crippen LogP contribution in [0.15, 0.2) is 0 Å². The predicted molar refractivity (Wildman–Crippen MR) is 83.9 cm³/mol. The van der Waals surface area contributed by atoms with Crippen LogP contribution in [0.25, 0.3) is 0 Å². The molecule has 0 aromatic rings. The third-order valence-corrected chi connectivity index (χ3v) is 2.22. The van der Waals surface area contributed by atoms with Gasteiger partial charge in [-0.05, 0) is 64.2 Å². The Morgan fingerprint density at radius 3 is 0.862 bits per heavy atom. The summed E-state index contributed by atoms with van der Waals surface area (Å²) in [4.78, 5) is 0. The normalized spacial score (nSPS) is 13.7. The Morgan fingerprint density at radius 2 is 0.655 bits per heavy atom. The largest absolute Gasteiger partial charge is 0.380 e. The Balaban J connectivity index is -0.0000000601. The van der Waals surface area contributed by atoms with Crippen molar-refractivity contribution >= 4 is 0 Å². The van der Waals surface area contributed by atoms with Gasteiger partial charge in [0.2, 0.25) is 0 Å². The molecule has 0 N–H and O–H groups in total. The topological polar surface area (TPSA) is 129 Å². The van der Waals surface area contributed by atoms with Gasteiger partial charge in [0.25, 0.3) is 0 Å². The SMILES string of the molecule is [C-]#[O+].[C-]#[O+].[C-]#[O+].[C-]#[O+].[C-]#[O+].[C-]#[O+].[CH]1[CH][CH][C](COC[C]2[CH][CH][CH][CH][CH]2)[CH][CH]1.[Cr].[Cr]. The summed E-state index contributed by atoms with van der Waals surface area (Å²) in [5.74, 6) is 2.43. The van der Waals surface area contributed by atoms with Crippen molar-refractivity contribution in [2.75, 3.05) is 13.2 Å². The summed E-state index contributed by atoms with van der Waals surface area (Å²) < 4.78 is 50.6. The summed E-state index contributed by atoms with van der Waals surface area (Å²) in [7, 11) is 0. The van der Waals surface area contributed by atoms with Crippen molar-refractivity contribution in [1.29, 1.82) is 0 Å². The van der Waals surface area contributed by atoms with Crippen LogP contribution in [0.2, 0.25) is 0 Å². The first-order chi connectivity index (χ1) is 13.4. The molecule has 148 valence electrons. The van der Waals surface area contributed by atoms with Crippen LogP contribution in [0, 0.1) is 116 Å². The number of rotatable bonds is 4. The summed E-state index contributed by atoms with van der Waals surface area (Å²) in [5.41, 5.74) is 0. The van der Waals surface area contributed by atoms with E-state index in [2.05, 4.69) is 65.6 Å². The van der Waals surface area contributed by atoms with Crippen molar-refractivity contribution in [2.45, 2.75) is 0 Å². The second-order valence-corrected chi connectivity index (χ2v) is 3.46. The van der Waals surface area contributed by atoms with Gasteiger partial charge >= 0.3 is 67.8 Å². The zero-order valence-corrected chi connectivity index (χ0v) is 17.4. The fourth-order valence-corrected chi connectivity index (χ4v) is 1.44. The van der Waals surface area contributed by atoms with E-state index in [0.29, 0.717) is 13.2 Å². The Morgan fingerprint density at radius 1 is 0.448 bits per heavy atom. The van der Waals surface area contributed by atoms with Crippen LogP contribution in [0.3, 0.4) is 0 Å². The molecule has 0 saturated heterocycles. The second kappa shape index (κ2) is 56.4. The van der Waals surface area contributed by atoms with E-state index >= 15 is 0 Å². The molecule has 9 heteroatoms. The maximum absolute atomic E-state index is 7.50. The Kier molecular flexibility index (Phi) is 90.7. The first kappa shape index (κ1) is 46.6. The Labute approximate surface area is 196 Å². The molecule has 0 aromatic carbocycles. The molecular weight excluding hydrogens is 456 g/mol. The molecule has 2 aliphatic rings. The van der Waals surface area contributed by atoms with Crippen molar-refractivity contribution in [3.8, 4) is 0 Å². The number of ether oxygens (including phenoxy) is 1. The van der Waals surface area contributed by atoms with Crippen LogP contribution in [0.5, 0.6) is 0 Å². The molecule has 0 spiro atoms. The molecule has 7 nitrogen and oxygen atoms in total. The van der Waals surface area contributed by atoms with Gasteiger partial charge in [-0.1, -0.05) is 0 Å². The molecule has 29 heavy (non-hydrogen) atoms. The van der Waals surface area contributed by atoms with Gasteiger partial charge in [0, 0.05) is 46.6 Å². The van der Waals surface area contributed by atoms with Crippen molar-refractivity contribution in [3.05, 3.63) is 116 Å². The van der Waals surface area contributed by atoms with Gasteiger partial charge in [0.1, 0.15) is 0 Å². The summed E-state index contributed by atoms with van der Waals surface area (Å²) >= 11 is 0. The Hall–Kier alpha value is -0.535. The average molecular weight is 470 g/mol. The minimum Gasteiger partial charge on any atom is -0.380 e. The first-order valence-corrected chi connectivity index (χ1v) is 6.33.